The molecule has 1 aliphatic rings. The molecule has 0 bridgehead atoms. The second kappa shape index (κ2) is 7.20. The first-order valence-corrected chi connectivity index (χ1v) is 8.67. The van der Waals surface area contributed by atoms with E-state index < -0.39 is 0 Å². The Morgan fingerprint density at radius 2 is 2.16 bits per heavy atom. The Bertz CT molecular complexity index is 392. The Morgan fingerprint density at radius 1 is 1.37 bits per heavy atom. The monoisotopic (exact) mass is 278 g/mol. The molecule has 1 aromatic rings. The average molecular weight is 278 g/mol. The Morgan fingerprint density at radius 3 is 2.89 bits per heavy atom. The zero-order chi connectivity index (χ0) is 13.7. The predicted octanol–water partition coefficient (Wildman–Crippen LogP) is 3.37. The van der Waals surface area contributed by atoms with E-state index in [0.717, 1.165) is 13.1 Å². The second-order valence-electron chi connectivity index (χ2n) is 5.65. The molecular weight excluding hydrogens is 252 g/mol. The number of benzene rings is 1. The average Bonchev–Trinajstić information content (AvgIpc) is 2.59. The summed E-state index contributed by atoms with van der Waals surface area (Å²) < 4.78 is 0. The number of rotatable bonds is 5. The number of fused-ring (bicyclic) bond motifs is 1. The fraction of sp³-hybridized carbons (Fsp3) is 0.625. The van der Waals surface area contributed by atoms with E-state index in [1.807, 2.05) is 11.8 Å². The molecule has 0 amide bonds. The molecule has 0 spiro atoms. The van der Waals surface area contributed by atoms with Gasteiger partial charge in [-0.3, -0.25) is 0 Å². The van der Waals surface area contributed by atoms with Crippen LogP contribution >= 0.6 is 11.8 Å². The molecular formula is C16H26N2S. The molecule has 0 aromatic heterocycles. The van der Waals surface area contributed by atoms with Gasteiger partial charge in [0.25, 0.3) is 0 Å². The third-order valence-corrected chi connectivity index (χ3v) is 4.58. The summed E-state index contributed by atoms with van der Waals surface area (Å²) in [4.78, 5) is 2.58. The number of nitrogens with one attached hydrogen (secondary N) is 1. The lowest BCUT2D eigenvalue weighted by molar-refractivity contribution is 0.404. The predicted molar refractivity (Wildman–Crippen MR) is 87.1 cm³/mol. The van der Waals surface area contributed by atoms with Crippen molar-refractivity contribution in [3.8, 4) is 0 Å². The van der Waals surface area contributed by atoms with Gasteiger partial charge in [0.15, 0.2) is 0 Å². The largest absolute Gasteiger partial charge is 0.370 e. The van der Waals surface area contributed by atoms with E-state index in [-0.39, 0.29) is 0 Å². The molecule has 0 radical (unpaired) electrons. The van der Waals surface area contributed by atoms with Crippen LogP contribution < -0.4 is 10.2 Å². The standard InChI is InChI=1S/C16H26N2S/c1-13(2)15-12-18(9-6-10-19-3)16-8-5-4-7-14(16)11-17-15/h4-5,7-8,13,15,17H,6,9-12H2,1-3H3. The molecule has 1 heterocycles. The van der Waals surface area contributed by atoms with E-state index in [1.54, 1.807) is 0 Å². The van der Waals surface area contributed by atoms with Crippen LogP contribution in [0.5, 0.6) is 0 Å². The summed E-state index contributed by atoms with van der Waals surface area (Å²) in [5.41, 5.74) is 2.87. The Labute approximate surface area is 122 Å². The number of anilines is 1. The van der Waals surface area contributed by atoms with Crippen molar-refractivity contribution in [2.75, 3.05) is 30.0 Å². The van der Waals surface area contributed by atoms with Crippen molar-refractivity contribution in [2.45, 2.75) is 32.9 Å². The van der Waals surface area contributed by atoms with Gasteiger partial charge in [0.2, 0.25) is 0 Å². The van der Waals surface area contributed by atoms with Crippen LogP contribution in [0.2, 0.25) is 0 Å². The van der Waals surface area contributed by atoms with E-state index >= 15 is 0 Å². The first kappa shape index (κ1) is 14.7. The number of hydrogen-bond acceptors (Lipinski definition) is 3. The topological polar surface area (TPSA) is 15.3 Å². The van der Waals surface area contributed by atoms with Crippen molar-refractivity contribution < 1.29 is 0 Å². The van der Waals surface area contributed by atoms with Gasteiger partial charge in [-0.05, 0) is 36.0 Å². The third kappa shape index (κ3) is 3.90. The smallest absolute Gasteiger partial charge is 0.0412 e. The molecule has 0 saturated heterocycles. The minimum Gasteiger partial charge on any atom is -0.370 e. The van der Waals surface area contributed by atoms with Crippen molar-refractivity contribution >= 4 is 17.4 Å². The Hall–Kier alpha value is -0.670. The van der Waals surface area contributed by atoms with Gasteiger partial charge in [-0.2, -0.15) is 11.8 Å². The summed E-state index contributed by atoms with van der Waals surface area (Å²) in [6, 6.07) is 9.43. The Balaban J connectivity index is 2.14. The van der Waals surface area contributed by atoms with Crippen LogP contribution in [-0.2, 0) is 6.54 Å². The third-order valence-electron chi connectivity index (χ3n) is 3.89. The second-order valence-corrected chi connectivity index (χ2v) is 6.64. The molecule has 1 aromatic carbocycles. The maximum absolute atomic E-state index is 3.71. The van der Waals surface area contributed by atoms with E-state index in [1.165, 1.54) is 30.0 Å². The van der Waals surface area contributed by atoms with E-state index in [2.05, 4.69) is 54.6 Å². The zero-order valence-corrected chi connectivity index (χ0v) is 13.2. The molecule has 0 saturated carbocycles. The normalized spacial score (nSPS) is 19.4. The molecule has 1 aliphatic heterocycles. The van der Waals surface area contributed by atoms with E-state index in [9.17, 15) is 0 Å². The molecule has 2 rings (SSSR count). The molecule has 19 heavy (non-hydrogen) atoms. The quantitative estimate of drug-likeness (QED) is 0.831. The van der Waals surface area contributed by atoms with Crippen molar-refractivity contribution in [3.63, 3.8) is 0 Å². The van der Waals surface area contributed by atoms with Gasteiger partial charge in [0, 0.05) is 31.4 Å². The molecule has 0 fully saturated rings. The zero-order valence-electron chi connectivity index (χ0n) is 12.4. The van der Waals surface area contributed by atoms with Crippen molar-refractivity contribution in [1.82, 2.24) is 5.32 Å². The van der Waals surface area contributed by atoms with E-state index in [0.29, 0.717) is 12.0 Å². The minimum atomic E-state index is 0.585. The van der Waals surface area contributed by atoms with Crippen LogP contribution in [0, 0.1) is 5.92 Å². The number of nitrogens with zero attached hydrogens (tertiary/aromatic N) is 1. The minimum absolute atomic E-state index is 0.585. The van der Waals surface area contributed by atoms with Gasteiger partial charge in [-0.25, -0.2) is 0 Å². The summed E-state index contributed by atoms with van der Waals surface area (Å²) in [5.74, 6) is 1.93. The summed E-state index contributed by atoms with van der Waals surface area (Å²) in [5, 5.41) is 3.71. The highest BCUT2D eigenvalue weighted by molar-refractivity contribution is 7.98. The fourth-order valence-electron chi connectivity index (χ4n) is 2.67. The molecule has 106 valence electrons. The molecule has 3 heteroatoms. The van der Waals surface area contributed by atoms with Gasteiger partial charge in [0.1, 0.15) is 0 Å². The molecule has 1 unspecified atom stereocenters. The van der Waals surface area contributed by atoms with Crippen LogP contribution in [0.25, 0.3) is 0 Å². The number of para-hydroxylation sites is 1. The van der Waals surface area contributed by atoms with Gasteiger partial charge < -0.3 is 10.2 Å². The van der Waals surface area contributed by atoms with Gasteiger partial charge in [-0.15, -0.1) is 0 Å². The number of thioether (sulfide) groups is 1. The molecule has 1 atom stereocenters. The first-order valence-electron chi connectivity index (χ1n) is 7.27. The highest BCUT2D eigenvalue weighted by Crippen LogP contribution is 2.25. The molecule has 2 nitrogen and oxygen atoms in total. The summed E-state index contributed by atoms with van der Waals surface area (Å²) in [6.45, 7) is 7.92. The maximum Gasteiger partial charge on any atom is 0.0412 e. The van der Waals surface area contributed by atoms with Crippen molar-refractivity contribution in [2.24, 2.45) is 5.92 Å². The summed E-state index contributed by atoms with van der Waals surface area (Å²) in [7, 11) is 0. The van der Waals surface area contributed by atoms with Crippen LogP contribution in [0.1, 0.15) is 25.8 Å². The lowest BCUT2D eigenvalue weighted by Crippen LogP contribution is -2.42. The lowest BCUT2D eigenvalue weighted by atomic mass is 10.0. The SMILES string of the molecule is CSCCCN1CC(C(C)C)NCc2ccccc21. The number of hydrogen-bond donors (Lipinski definition) is 1. The molecule has 0 aliphatic carbocycles. The Kier molecular flexibility index (Phi) is 5.59. The highest BCUT2D eigenvalue weighted by Gasteiger charge is 2.22. The van der Waals surface area contributed by atoms with Crippen LogP contribution in [0.15, 0.2) is 24.3 Å². The van der Waals surface area contributed by atoms with Crippen LogP contribution in [0.3, 0.4) is 0 Å². The molecule has 1 N–H and O–H groups in total. The van der Waals surface area contributed by atoms with Crippen LogP contribution in [0.4, 0.5) is 5.69 Å². The summed E-state index contributed by atoms with van der Waals surface area (Å²) >= 11 is 1.94. The van der Waals surface area contributed by atoms with E-state index in [4.69, 9.17) is 0 Å². The lowest BCUT2D eigenvalue weighted by Gasteiger charge is -2.29. The first-order chi connectivity index (χ1) is 9.22. The van der Waals surface area contributed by atoms with Gasteiger partial charge in [0.05, 0.1) is 0 Å². The van der Waals surface area contributed by atoms with Gasteiger partial charge in [-0.1, -0.05) is 32.0 Å². The van der Waals surface area contributed by atoms with Crippen LogP contribution in [-0.4, -0.2) is 31.1 Å². The van der Waals surface area contributed by atoms with Crippen molar-refractivity contribution in [3.05, 3.63) is 29.8 Å². The van der Waals surface area contributed by atoms with Crippen molar-refractivity contribution in [1.29, 1.82) is 0 Å². The van der Waals surface area contributed by atoms with Gasteiger partial charge >= 0.3 is 0 Å². The summed E-state index contributed by atoms with van der Waals surface area (Å²) in [6.07, 6.45) is 3.45. The highest BCUT2D eigenvalue weighted by atomic mass is 32.2. The fourth-order valence-corrected chi connectivity index (χ4v) is 3.09. The maximum atomic E-state index is 3.71.